The normalized spacial score (nSPS) is 11.4. The van der Waals surface area contributed by atoms with E-state index in [-0.39, 0.29) is 11.4 Å². The van der Waals surface area contributed by atoms with Crippen molar-refractivity contribution in [2.45, 2.75) is 11.4 Å². The standard InChI is InChI=1S/C11H13N3O3S2/c1-17-9-2-4-10(5-3-9)19(15,16)13-6-8-7-18-11(12)14-8/h2-5,7,13H,6H2,1H3,(H2,12,14). The minimum atomic E-state index is -3.56. The van der Waals surface area contributed by atoms with Crippen molar-refractivity contribution in [3.63, 3.8) is 0 Å². The largest absolute Gasteiger partial charge is 0.497 e. The Morgan fingerprint density at radius 1 is 1.37 bits per heavy atom. The monoisotopic (exact) mass is 299 g/mol. The number of hydrogen-bond acceptors (Lipinski definition) is 6. The average molecular weight is 299 g/mol. The van der Waals surface area contributed by atoms with Crippen LogP contribution in [-0.2, 0) is 16.6 Å². The van der Waals surface area contributed by atoms with Crippen molar-refractivity contribution < 1.29 is 13.2 Å². The van der Waals surface area contributed by atoms with Crippen LogP contribution in [0.25, 0.3) is 0 Å². The van der Waals surface area contributed by atoms with E-state index < -0.39 is 10.0 Å². The lowest BCUT2D eigenvalue weighted by molar-refractivity contribution is 0.414. The van der Waals surface area contributed by atoms with Gasteiger partial charge in [-0.3, -0.25) is 0 Å². The molecule has 0 fully saturated rings. The van der Waals surface area contributed by atoms with Crippen molar-refractivity contribution in [1.29, 1.82) is 0 Å². The number of ether oxygens (including phenoxy) is 1. The van der Waals surface area contributed by atoms with E-state index in [1.165, 1.54) is 30.6 Å². The molecule has 0 atom stereocenters. The van der Waals surface area contributed by atoms with Crippen LogP contribution < -0.4 is 15.2 Å². The number of nitrogens with one attached hydrogen (secondary N) is 1. The van der Waals surface area contributed by atoms with E-state index in [9.17, 15) is 8.42 Å². The molecule has 0 aliphatic heterocycles. The van der Waals surface area contributed by atoms with Gasteiger partial charge < -0.3 is 10.5 Å². The first-order valence-electron chi connectivity index (χ1n) is 5.35. The molecule has 0 unspecified atom stereocenters. The Morgan fingerprint density at radius 2 is 2.05 bits per heavy atom. The van der Waals surface area contributed by atoms with E-state index in [2.05, 4.69) is 9.71 Å². The van der Waals surface area contributed by atoms with E-state index in [0.717, 1.165) is 0 Å². The van der Waals surface area contributed by atoms with Gasteiger partial charge in [0.2, 0.25) is 10.0 Å². The number of nitrogens with zero attached hydrogens (tertiary/aromatic N) is 1. The minimum absolute atomic E-state index is 0.113. The van der Waals surface area contributed by atoms with E-state index >= 15 is 0 Å². The lowest BCUT2D eigenvalue weighted by Crippen LogP contribution is -2.23. The molecule has 0 aliphatic rings. The van der Waals surface area contributed by atoms with Gasteiger partial charge in [-0.25, -0.2) is 18.1 Å². The summed E-state index contributed by atoms with van der Waals surface area (Å²) in [6, 6.07) is 6.15. The van der Waals surface area contributed by atoms with Crippen LogP contribution in [0.5, 0.6) is 5.75 Å². The summed E-state index contributed by atoms with van der Waals surface area (Å²) < 4.78 is 31.4. The zero-order valence-corrected chi connectivity index (χ0v) is 11.8. The second-order valence-electron chi connectivity index (χ2n) is 3.68. The van der Waals surface area contributed by atoms with Crippen LogP contribution >= 0.6 is 11.3 Å². The Balaban J connectivity index is 2.09. The number of methoxy groups -OCH3 is 1. The SMILES string of the molecule is COc1ccc(S(=O)(=O)NCc2csc(N)n2)cc1. The Hall–Kier alpha value is -1.64. The van der Waals surface area contributed by atoms with Gasteiger partial charge >= 0.3 is 0 Å². The van der Waals surface area contributed by atoms with Crippen LogP contribution in [0, 0.1) is 0 Å². The van der Waals surface area contributed by atoms with Crippen LogP contribution in [-0.4, -0.2) is 20.5 Å². The molecule has 8 heteroatoms. The van der Waals surface area contributed by atoms with Gasteiger partial charge in [0.1, 0.15) is 5.75 Å². The predicted molar refractivity (Wildman–Crippen MR) is 73.5 cm³/mol. The van der Waals surface area contributed by atoms with Gasteiger partial charge in [0.25, 0.3) is 0 Å². The van der Waals surface area contributed by atoms with Crippen LogP contribution in [0.4, 0.5) is 5.13 Å². The lowest BCUT2D eigenvalue weighted by Gasteiger charge is -2.06. The molecule has 2 rings (SSSR count). The first-order valence-corrected chi connectivity index (χ1v) is 7.71. The van der Waals surface area contributed by atoms with Gasteiger partial charge in [0, 0.05) is 5.38 Å². The lowest BCUT2D eigenvalue weighted by atomic mass is 10.3. The molecule has 3 N–H and O–H groups in total. The first kappa shape index (κ1) is 13.8. The Labute approximate surface area is 115 Å². The van der Waals surface area contributed by atoms with Gasteiger partial charge in [0.05, 0.1) is 24.2 Å². The van der Waals surface area contributed by atoms with Gasteiger partial charge in [-0.1, -0.05) is 0 Å². The molecule has 1 aromatic heterocycles. The van der Waals surface area contributed by atoms with Gasteiger partial charge in [-0.15, -0.1) is 11.3 Å². The number of rotatable bonds is 5. The van der Waals surface area contributed by atoms with E-state index in [0.29, 0.717) is 16.6 Å². The third-order valence-electron chi connectivity index (χ3n) is 2.38. The van der Waals surface area contributed by atoms with Crippen LogP contribution in [0.2, 0.25) is 0 Å². The van der Waals surface area contributed by atoms with Gasteiger partial charge in [-0.05, 0) is 24.3 Å². The topological polar surface area (TPSA) is 94.3 Å². The molecule has 0 amide bonds. The number of nitrogen functional groups attached to an aromatic ring is 1. The summed E-state index contributed by atoms with van der Waals surface area (Å²) in [6.45, 7) is 0.113. The number of aromatic nitrogens is 1. The second kappa shape index (κ2) is 5.55. The fourth-order valence-corrected chi connectivity index (χ4v) is 2.97. The molecule has 0 aliphatic carbocycles. The van der Waals surface area contributed by atoms with E-state index in [1.54, 1.807) is 17.5 Å². The number of nitrogens with two attached hydrogens (primary N) is 1. The van der Waals surface area contributed by atoms with E-state index in [4.69, 9.17) is 10.5 Å². The zero-order valence-electron chi connectivity index (χ0n) is 10.2. The van der Waals surface area contributed by atoms with Crippen molar-refractivity contribution in [3.8, 4) is 5.75 Å². The third-order valence-corrected chi connectivity index (χ3v) is 4.52. The molecule has 0 bridgehead atoms. The highest BCUT2D eigenvalue weighted by molar-refractivity contribution is 7.89. The highest BCUT2D eigenvalue weighted by atomic mass is 32.2. The van der Waals surface area contributed by atoms with Gasteiger partial charge in [-0.2, -0.15) is 0 Å². The summed E-state index contributed by atoms with van der Waals surface area (Å²) in [5.41, 5.74) is 6.07. The quantitative estimate of drug-likeness (QED) is 0.865. The first-order chi connectivity index (χ1) is 9.01. The van der Waals surface area contributed by atoms with Crippen molar-refractivity contribution in [3.05, 3.63) is 35.3 Å². The summed E-state index contributed by atoms with van der Waals surface area (Å²) in [5.74, 6) is 0.603. The fraction of sp³-hybridized carbons (Fsp3) is 0.182. The number of benzene rings is 1. The molecule has 0 saturated heterocycles. The molecule has 19 heavy (non-hydrogen) atoms. The molecule has 0 saturated carbocycles. The highest BCUT2D eigenvalue weighted by Crippen LogP contribution is 2.16. The van der Waals surface area contributed by atoms with Crippen molar-refractivity contribution in [2.75, 3.05) is 12.8 Å². The zero-order chi connectivity index (χ0) is 13.9. The molecule has 2 aromatic rings. The average Bonchev–Trinajstić information content (AvgIpc) is 2.82. The second-order valence-corrected chi connectivity index (χ2v) is 6.33. The van der Waals surface area contributed by atoms with Crippen molar-refractivity contribution in [1.82, 2.24) is 9.71 Å². The van der Waals surface area contributed by atoms with Crippen molar-refractivity contribution >= 4 is 26.5 Å². The van der Waals surface area contributed by atoms with Crippen molar-refractivity contribution in [2.24, 2.45) is 0 Å². The Bertz CT molecular complexity index is 650. The molecule has 1 aromatic carbocycles. The predicted octanol–water partition coefficient (Wildman–Crippen LogP) is 1.21. The fourth-order valence-electron chi connectivity index (χ4n) is 1.41. The molecule has 0 radical (unpaired) electrons. The summed E-state index contributed by atoms with van der Waals surface area (Å²) >= 11 is 1.27. The van der Waals surface area contributed by atoms with Crippen LogP contribution in [0.3, 0.4) is 0 Å². The maximum Gasteiger partial charge on any atom is 0.240 e. The molecule has 1 heterocycles. The maximum absolute atomic E-state index is 12.0. The number of hydrogen-bond donors (Lipinski definition) is 2. The number of anilines is 1. The summed E-state index contributed by atoms with van der Waals surface area (Å²) in [5, 5.41) is 2.13. The molecular formula is C11H13N3O3S2. The third kappa shape index (κ3) is 3.43. The highest BCUT2D eigenvalue weighted by Gasteiger charge is 2.14. The van der Waals surface area contributed by atoms with Crippen LogP contribution in [0.15, 0.2) is 34.5 Å². The molecule has 102 valence electrons. The van der Waals surface area contributed by atoms with E-state index in [1.807, 2.05) is 0 Å². The Morgan fingerprint density at radius 3 is 2.58 bits per heavy atom. The van der Waals surface area contributed by atoms with Crippen LogP contribution in [0.1, 0.15) is 5.69 Å². The number of thiazole rings is 1. The summed E-state index contributed by atoms with van der Waals surface area (Å²) in [7, 11) is -2.03. The van der Waals surface area contributed by atoms with Gasteiger partial charge in [0.15, 0.2) is 5.13 Å². The Kier molecular flexibility index (Phi) is 4.03. The molecular weight excluding hydrogens is 286 g/mol. The number of sulfonamides is 1. The summed E-state index contributed by atoms with van der Waals surface area (Å²) in [4.78, 5) is 4.16. The maximum atomic E-state index is 12.0. The molecule has 6 nitrogen and oxygen atoms in total. The smallest absolute Gasteiger partial charge is 0.240 e. The minimum Gasteiger partial charge on any atom is -0.497 e. The molecule has 0 spiro atoms. The summed E-state index contributed by atoms with van der Waals surface area (Å²) in [6.07, 6.45) is 0.